The first-order valence-corrected chi connectivity index (χ1v) is 6.23. The number of nitrogens with one attached hydrogen (secondary N) is 1. The summed E-state index contributed by atoms with van der Waals surface area (Å²) in [6.07, 6.45) is -12.5. The second-order valence-corrected chi connectivity index (χ2v) is 4.57. The number of aliphatic hydroxyl groups is 1. The van der Waals surface area contributed by atoms with Gasteiger partial charge in [-0.1, -0.05) is 12.1 Å². The lowest BCUT2D eigenvalue weighted by molar-refractivity contribution is -0.376. The molecule has 0 atom stereocenters. The molecular weight excluding hydrogens is 332 g/mol. The van der Waals surface area contributed by atoms with Gasteiger partial charge in [0.1, 0.15) is 0 Å². The molecule has 0 aliphatic rings. The van der Waals surface area contributed by atoms with E-state index in [0.717, 1.165) is 12.1 Å². The van der Waals surface area contributed by atoms with E-state index >= 15 is 0 Å². The Hall–Kier alpha value is -1.52. The van der Waals surface area contributed by atoms with Crippen LogP contribution >= 0.6 is 0 Å². The number of hydrogen-bond acceptors (Lipinski definition) is 4. The van der Waals surface area contributed by atoms with E-state index in [-0.39, 0.29) is 12.2 Å². The van der Waals surface area contributed by atoms with E-state index in [4.69, 9.17) is 9.47 Å². The van der Waals surface area contributed by atoms with Gasteiger partial charge in [-0.3, -0.25) is 0 Å². The topological polar surface area (TPSA) is 50.7 Å². The fraction of sp³-hybridized carbons (Fsp3) is 0.538. The molecule has 1 aromatic rings. The van der Waals surface area contributed by atoms with Crippen molar-refractivity contribution in [2.24, 2.45) is 0 Å². The smallest absolute Gasteiger partial charge is 0.380 e. The monoisotopic (exact) mass is 347 g/mol. The molecule has 0 saturated carbocycles. The van der Waals surface area contributed by atoms with Crippen LogP contribution in [0.15, 0.2) is 24.3 Å². The highest BCUT2D eigenvalue weighted by Crippen LogP contribution is 2.50. The van der Waals surface area contributed by atoms with Crippen LogP contribution < -0.4 is 5.32 Å². The molecule has 132 valence electrons. The van der Waals surface area contributed by atoms with Gasteiger partial charge in [0.05, 0.1) is 6.54 Å². The van der Waals surface area contributed by atoms with Gasteiger partial charge < -0.3 is 19.9 Å². The summed E-state index contributed by atoms with van der Waals surface area (Å²) in [5.41, 5.74) is -6.02. The Kier molecular flexibility index (Phi) is 5.89. The molecule has 0 aliphatic carbocycles. The van der Waals surface area contributed by atoms with Gasteiger partial charge in [-0.25, -0.2) is 0 Å². The highest BCUT2D eigenvalue weighted by molar-refractivity contribution is 5.46. The van der Waals surface area contributed by atoms with E-state index in [0.29, 0.717) is 12.1 Å². The van der Waals surface area contributed by atoms with Crippen molar-refractivity contribution in [3.63, 3.8) is 0 Å². The van der Waals surface area contributed by atoms with Crippen molar-refractivity contribution < 1.29 is 40.9 Å². The summed E-state index contributed by atoms with van der Waals surface area (Å²) in [6, 6.07) is 3.08. The Balaban J connectivity index is 3.02. The summed E-state index contributed by atoms with van der Waals surface area (Å²) >= 11 is 0. The first kappa shape index (κ1) is 19.5. The van der Waals surface area contributed by atoms with Crippen molar-refractivity contribution in [2.75, 3.05) is 26.1 Å². The SMILES string of the molecule is COC(CNc1ccc(C(O)(C(F)(F)F)C(F)(F)F)cc1)OC. The molecule has 0 radical (unpaired) electrons. The van der Waals surface area contributed by atoms with E-state index in [1.807, 2.05) is 0 Å². The molecule has 0 aliphatic heterocycles. The average molecular weight is 347 g/mol. The van der Waals surface area contributed by atoms with Gasteiger partial charge in [0.25, 0.3) is 5.60 Å². The van der Waals surface area contributed by atoms with Crippen molar-refractivity contribution in [2.45, 2.75) is 24.2 Å². The normalized spacial score (nSPS) is 13.5. The van der Waals surface area contributed by atoms with Crippen LogP contribution in [0.4, 0.5) is 32.0 Å². The van der Waals surface area contributed by atoms with Gasteiger partial charge in [0, 0.05) is 25.5 Å². The van der Waals surface area contributed by atoms with Crippen LogP contribution in [0, 0.1) is 0 Å². The van der Waals surface area contributed by atoms with E-state index in [2.05, 4.69) is 5.32 Å². The summed E-state index contributed by atoms with van der Waals surface area (Å²) < 4.78 is 86.0. The zero-order chi connectivity index (χ0) is 17.9. The Morgan fingerprint density at radius 2 is 1.39 bits per heavy atom. The Morgan fingerprint density at radius 1 is 0.957 bits per heavy atom. The molecule has 0 bridgehead atoms. The summed E-state index contributed by atoms with van der Waals surface area (Å²) in [5.74, 6) is 0. The second-order valence-electron chi connectivity index (χ2n) is 4.57. The van der Waals surface area contributed by atoms with Crippen LogP contribution in [0.1, 0.15) is 5.56 Å². The van der Waals surface area contributed by atoms with Gasteiger partial charge in [-0.15, -0.1) is 0 Å². The lowest BCUT2D eigenvalue weighted by Crippen LogP contribution is -2.53. The predicted octanol–water partition coefficient (Wildman–Crippen LogP) is 3.03. The maximum atomic E-state index is 12.7. The first-order chi connectivity index (χ1) is 10.5. The lowest BCUT2D eigenvalue weighted by Gasteiger charge is -2.32. The number of ether oxygens (including phenoxy) is 2. The van der Waals surface area contributed by atoms with Crippen molar-refractivity contribution in [1.29, 1.82) is 0 Å². The number of halogens is 6. The van der Waals surface area contributed by atoms with Gasteiger partial charge in [-0.05, 0) is 12.1 Å². The molecule has 0 saturated heterocycles. The summed E-state index contributed by atoms with van der Waals surface area (Å²) in [5, 5.41) is 11.9. The largest absolute Gasteiger partial charge is 0.430 e. The summed E-state index contributed by atoms with van der Waals surface area (Å²) in [6.45, 7) is 0.120. The van der Waals surface area contributed by atoms with Crippen LogP contribution in [0.25, 0.3) is 0 Å². The standard InChI is InChI=1S/C13H15F6NO3/c1-22-10(23-2)7-20-9-5-3-8(4-6-9)11(21,12(14,15)16)13(17,18)19/h3-6,10,20-21H,7H2,1-2H3. The number of alkyl halides is 6. The van der Waals surface area contributed by atoms with Gasteiger partial charge in [0.2, 0.25) is 0 Å². The fourth-order valence-corrected chi connectivity index (χ4v) is 1.78. The molecule has 0 aromatic heterocycles. The molecule has 0 fully saturated rings. The summed E-state index contributed by atoms with van der Waals surface area (Å²) in [7, 11) is 2.73. The molecule has 1 aromatic carbocycles. The third-order valence-electron chi connectivity index (χ3n) is 3.12. The van der Waals surface area contributed by atoms with Crippen LogP contribution in [0.2, 0.25) is 0 Å². The highest BCUT2D eigenvalue weighted by atomic mass is 19.4. The van der Waals surface area contributed by atoms with Crippen molar-refractivity contribution in [3.8, 4) is 0 Å². The van der Waals surface area contributed by atoms with Crippen molar-refractivity contribution in [3.05, 3.63) is 29.8 Å². The quantitative estimate of drug-likeness (QED) is 0.614. The van der Waals surface area contributed by atoms with Gasteiger partial charge in [-0.2, -0.15) is 26.3 Å². The number of hydrogen-bond donors (Lipinski definition) is 2. The minimum atomic E-state index is -5.91. The Labute approximate surface area is 128 Å². The van der Waals surface area contributed by atoms with E-state index < -0.39 is 29.8 Å². The molecule has 10 heteroatoms. The lowest BCUT2D eigenvalue weighted by atomic mass is 9.92. The predicted molar refractivity (Wildman–Crippen MR) is 68.7 cm³/mol. The number of anilines is 1. The highest BCUT2D eigenvalue weighted by Gasteiger charge is 2.71. The van der Waals surface area contributed by atoms with E-state index in [9.17, 15) is 31.4 Å². The number of methoxy groups -OCH3 is 2. The summed E-state index contributed by atoms with van der Waals surface area (Å²) in [4.78, 5) is 0. The van der Waals surface area contributed by atoms with Crippen LogP contribution in [-0.2, 0) is 15.1 Å². The van der Waals surface area contributed by atoms with Crippen LogP contribution in [0.3, 0.4) is 0 Å². The third-order valence-corrected chi connectivity index (χ3v) is 3.12. The molecule has 0 unspecified atom stereocenters. The minimum absolute atomic E-state index is 0.120. The second kappa shape index (κ2) is 6.93. The molecule has 2 N–H and O–H groups in total. The van der Waals surface area contributed by atoms with E-state index in [1.54, 1.807) is 0 Å². The fourth-order valence-electron chi connectivity index (χ4n) is 1.78. The zero-order valence-corrected chi connectivity index (χ0v) is 12.1. The molecule has 0 amide bonds. The Bertz CT molecular complexity index is 482. The van der Waals surface area contributed by atoms with Gasteiger partial charge in [0.15, 0.2) is 6.29 Å². The molecule has 1 rings (SSSR count). The molecule has 23 heavy (non-hydrogen) atoms. The molecule has 0 heterocycles. The average Bonchev–Trinajstić information content (AvgIpc) is 2.45. The van der Waals surface area contributed by atoms with Crippen LogP contribution in [0.5, 0.6) is 0 Å². The Morgan fingerprint density at radius 3 is 1.74 bits per heavy atom. The van der Waals surface area contributed by atoms with Crippen molar-refractivity contribution >= 4 is 5.69 Å². The zero-order valence-electron chi connectivity index (χ0n) is 12.1. The van der Waals surface area contributed by atoms with Crippen LogP contribution in [-0.4, -0.2) is 44.5 Å². The minimum Gasteiger partial charge on any atom is -0.380 e. The number of rotatable bonds is 6. The molecule has 4 nitrogen and oxygen atoms in total. The van der Waals surface area contributed by atoms with E-state index in [1.165, 1.54) is 14.2 Å². The third kappa shape index (κ3) is 4.06. The first-order valence-electron chi connectivity index (χ1n) is 6.23. The van der Waals surface area contributed by atoms with Crippen molar-refractivity contribution in [1.82, 2.24) is 0 Å². The number of benzene rings is 1. The van der Waals surface area contributed by atoms with Gasteiger partial charge >= 0.3 is 12.4 Å². The maximum absolute atomic E-state index is 12.7. The maximum Gasteiger partial charge on any atom is 0.430 e. The molecular formula is C13H15F6NO3. The molecule has 0 spiro atoms.